The SMILES string of the molecule is COC(N)(OC)c1ccccc1C(N)=O. The second kappa shape index (κ2) is 4.39. The number of primary amides is 1. The number of ether oxygens (including phenoxy) is 2. The van der Waals surface area contributed by atoms with Gasteiger partial charge in [-0.1, -0.05) is 18.2 Å². The summed E-state index contributed by atoms with van der Waals surface area (Å²) in [6, 6.07) is 6.61. The largest absolute Gasteiger partial charge is 0.366 e. The van der Waals surface area contributed by atoms with E-state index < -0.39 is 11.8 Å². The van der Waals surface area contributed by atoms with Crippen molar-refractivity contribution in [2.45, 2.75) is 5.91 Å². The van der Waals surface area contributed by atoms with Crippen LogP contribution in [0.5, 0.6) is 0 Å². The first kappa shape index (κ1) is 11.6. The molecule has 0 aliphatic heterocycles. The lowest BCUT2D eigenvalue weighted by molar-refractivity contribution is -0.211. The van der Waals surface area contributed by atoms with Gasteiger partial charge in [0.25, 0.3) is 5.91 Å². The Bertz CT molecular complexity index is 361. The van der Waals surface area contributed by atoms with Gasteiger partial charge < -0.3 is 15.2 Å². The standard InChI is InChI=1S/C10H14N2O3/c1-14-10(12,15-2)8-6-4-3-5-7(8)9(11)13/h3-6H,12H2,1-2H3,(H2,11,13). The first-order valence-corrected chi connectivity index (χ1v) is 4.33. The fourth-order valence-electron chi connectivity index (χ4n) is 1.31. The summed E-state index contributed by atoms with van der Waals surface area (Å²) in [5.74, 6) is -2.03. The van der Waals surface area contributed by atoms with Crippen LogP contribution < -0.4 is 11.5 Å². The van der Waals surface area contributed by atoms with E-state index in [0.717, 1.165) is 0 Å². The molecule has 15 heavy (non-hydrogen) atoms. The highest BCUT2D eigenvalue weighted by atomic mass is 16.7. The van der Waals surface area contributed by atoms with Gasteiger partial charge in [-0.15, -0.1) is 0 Å². The number of rotatable bonds is 4. The van der Waals surface area contributed by atoms with Crippen LogP contribution in [0, 0.1) is 0 Å². The molecule has 0 bridgehead atoms. The lowest BCUT2D eigenvalue weighted by atomic mass is 10.0. The van der Waals surface area contributed by atoms with E-state index >= 15 is 0 Å². The van der Waals surface area contributed by atoms with E-state index in [9.17, 15) is 4.79 Å². The number of amides is 1. The summed E-state index contributed by atoms with van der Waals surface area (Å²) in [6.45, 7) is 0. The molecule has 0 aromatic heterocycles. The van der Waals surface area contributed by atoms with Gasteiger partial charge in [0.2, 0.25) is 5.91 Å². The molecule has 0 spiro atoms. The van der Waals surface area contributed by atoms with Crippen LogP contribution in [0.4, 0.5) is 0 Å². The van der Waals surface area contributed by atoms with E-state index in [1.165, 1.54) is 14.2 Å². The van der Waals surface area contributed by atoms with Crippen LogP contribution in [0.3, 0.4) is 0 Å². The van der Waals surface area contributed by atoms with Crippen molar-refractivity contribution in [2.75, 3.05) is 14.2 Å². The molecule has 4 N–H and O–H groups in total. The monoisotopic (exact) mass is 210 g/mol. The molecular weight excluding hydrogens is 196 g/mol. The summed E-state index contributed by atoms with van der Waals surface area (Å²) in [4.78, 5) is 11.2. The smallest absolute Gasteiger partial charge is 0.253 e. The quantitative estimate of drug-likeness (QED) is 0.692. The van der Waals surface area contributed by atoms with Crippen molar-refractivity contribution in [3.8, 4) is 0 Å². The summed E-state index contributed by atoms with van der Waals surface area (Å²) in [5, 5.41) is 0. The number of carbonyl (C=O) groups excluding carboxylic acids is 1. The molecule has 0 saturated heterocycles. The maximum atomic E-state index is 11.2. The van der Waals surface area contributed by atoms with E-state index in [1.807, 2.05) is 0 Å². The molecular formula is C10H14N2O3. The highest BCUT2D eigenvalue weighted by molar-refractivity contribution is 5.94. The Labute approximate surface area is 88.0 Å². The molecule has 1 aromatic carbocycles. The minimum Gasteiger partial charge on any atom is -0.366 e. The summed E-state index contributed by atoms with van der Waals surface area (Å²) >= 11 is 0. The molecule has 1 aromatic rings. The normalized spacial score (nSPS) is 11.4. The molecule has 0 saturated carbocycles. The van der Waals surface area contributed by atoms with Gasteiger partial charge in [0.05, 0.1) is 0 Å². The van der Waals surface area contributed by atoms with Gasteiger partial charge in [-0.05, 0) is 6.07 Å². The number of carbonyl (C=O) groups is 1. The maximum absolute atomic E-state index is 11.2. The van der Waals surface area contributed by atoms with Gasteiger partial charge in [0.15, 0.2) is 0 Å². The predicted molar refractivity (Wildman–Crippen MR) is 54.8 cm³/mol. The van der Waals surface area contributed by atoms with Crippen LogP contribution in [-0.2, 0) is 15.4 Å². The van der Waals surface area contributed by atoms with Gasteiger partial charge >= 0.3 is 0 Å². The zero-order valence-corrected chi connectivity index (χ0v) is 8.69. The van der Waals surface area contributed by atoms with E-state index in [2.05, 4.69) is 0 Å². The summed E-state index contributed by atoms with van der Waals surface area (Å²) in [7, 11) is 2.78. The van der Waals surface area contributed by atoms with Gasteiger partial charge in [-0.2, -0.15) is 0 Å². The van der Waals surface area contributed by atoms with Crippen molar-refractivity contribution >= 4 is 5.91 Å². The Morgan fingerprint density at radius 3 is 2.27 bits per heavy atom. The lowest BCUT2D eigenvalue weighted by Gasteiger charge is -2.27. The molecule has 82 valence electrons. The lowest BCUT2D eigenvalue weighted by Crippen LogP contribution is -2.42. The maximum Gasteiger partial charge on any atom is 0.253 e. The molecule has 0 fully saturated rings. The zero-order chi connectivity index (χ0) is 11.5. The van der Waals surface area contributed by atoms with Crippen molar-refractivity contribution in [2.24, 2.45) is 11.5 Å². The Morgan fingerprint density at radius 1 is 1.27 bits per heavy atom. The Hall–Kier alpha value is -1.43. The van der Waals surface area contributed by atoms with Gasteiger partial charge in [-0.25, -0.2) is 0 Å². The number of benzene rings is 1. The first-order valence-electron chi connectivity index (χ1n) is 4.33. The summed E-state index contributed by atoms with van der Waals surface area (Å²) < 4.78 is 10.0. The Kier molecular flexibility index (Phi) is 3.41. The average molecular weight is 210 g/mol. The third-order valence-corrected chi connectivity index (χ3v) is 2.17. The number of nitrogens with two attached hydrogens (primary N) is 2. The van der Waals surface area contributed by atoms with Crippen LogP contribution in [0.25, 0.3) is 0 Å². The number of hydrogen-bond acceptors (Lipinski definition) is 4. The topological polar surface area (TPSA) is 87.6 Å². The van der Waals surface area contributed by atoms with Crippen LogP contribution in [0.1, 0.15) is 15.9 Å². The van der Waals surface area contributed by atoms with Crippen LogP contribution in [-0.4, -0.2) is 20.1 Å². The molecule has 0 atom stereocenters. The molecule has 0 aliphatic carbocycles. The summed E-state index contributed by atoms with van der Waals surface area (Å²) in [5.41, 5.74) is 11.7. The predicted octanol–water partition coefficient (Wildman–Crippen LogP) is 0.147. The highest BCUT2D eigenvalue weighted by Gasteiger charge is 2.30. The average Bonchev–Trinajstić information content (AvgIpc) is 2.28. The van der Waals surface area contributed by atoms with Gasteiger partial charge in [0.1, 0.15) is 0 Å². The van der Waals surface area contributed by atoms with Crippen molar-refractivity contribution < 1.29 is 14.3 Å². The first-order chi connectivity index (χ1) is 7.05. The minimum atomic E-state index is -1.45. The molecule has 0 heterocycles. The van der Waals surface area contributed by atoms with Crippen LogP contribution in [0.2, 0.25) is 0 Å². The molecule has 0 radical (unpaired) electrons. The molecule has 0 unspecified atom stereocenters. The van der Waals surface area contributed by atoms with E-state index in [-0.39, 0.29) is 5.56 Å². The van der Waals surface area contributed by atoms with Gasteiger partial charge in [0, 0.05) is 25.3 Å². The number of methoxy groups -OCH3 is 2. The fraction of sp³-hybridized carbons (Fsp3) is 0.300. The minimum absolute atomic E-state index is 0.281. The van der Waals surface area contributed by atoms with Crippen molar-refractivity contribution in [1.29, 1.82) is 0 Å². The second-order valence-electron chi connectivity index (χ2n) is 2.99. The molecule has 1 amide bonds. The van der Waals surface area contributed by atoms with Crippen molar-refractivity contribution in [3.05, 3.63) is 35.4 Å². The molecule has 0 aliphatic rings. The van der Waals surface area contributed by atoms with Gasteiger partial charge in [-0.3, -0.25) is 10.5 Å². The molecule has 5 heteroatoms. The second-order valence-corrected chi connectivity index (χ2v) is 2.99. The zero-order valence-electron chi connectivity index (χ0n) is 8.69. The summed E-state index contributed by atoms with van der Waals surface area (Å²) in [6.07, 6.45) is 0. The third kappa shape index (κ3) is 2.15. The Balaban J connectivity index is 3.29. The Morgan fingerprint density at radius 2 is 1.80 bits per heavy atom. The molecule has 5 nitrogen and oxygen atoms in total. The van der Waals surface area contributed by atoms with Crippen LogP contribution in [0.15, 0.2) is 24.3 Å². The highest BCUT2D eigenvalue weighted by Crippen LogP contribution is 2.23. The van der Waals surface area contributed by atoms with Crippen molar-refractivity contribution in [3.63, 3.8) is 0 Å². The van der Waals surface area contributed by atoms with Crippen molar-refractivity contribution in [1.82, 2.24) is 0 Å². The fourth-order valence-corrected chi connectivity index (χ4v) is 1.31. The number of hydrogen-bond donors (Lipinski definition) is 2. The van der Waals surface area contributed by atoms with E-state index in [1.54, 1.807) is 24.3 Å². The van der Waals surface area contributed by atoms with E-state index in [0.29, 0.717) is 5.56 Å². The van der Waals surface area contributed by atoms with E-state index in [4.69, 9.17) is 20.9 Å². The van der Waals surface area contributed by atoms with Crippen LogP contribution >= 0.6 is 0 Å². The third-order valence-electron chi connectivity index (χ3n) is 2.17. The molecule has 1 rings (SSSR count).